The maximum atomic E-state index is 12.4. The predicted octanol–water partition coefficient (Wildman–Crippen LogP) is 5.32. The fourth-order valence-electron chi connectivity index (χ4n) is 1.37. The summed E-state index contributed by atoms with van der Waals surface area (Å²) in [7, 11) is 0. The number of benzene rings is 1. The third-order valence-corrected chi connectivity index (χ3v) is 6.24. The Morgan fingerprint density at radius 2 is 1.90 bits per heavy atom. The predicted molar refractivity (Wildman–Crippen MR) is 83.2 cm³/mol. The number of alkyl halides is 3. The average molecular weight is 381 g/mol. The summed E-state index contributed by atoms with van der Waals surface area (Å²) in [5.74, 6) is 0. The first-order valence-corrected chi connectivity index (χ1v) is 9.49. The van der Waals surface area contributed by atoms with Crippen molar-refractivity contribution in [2.24, 2.45) is 0 Å². The van der Waals surface area contributed by atoms with E-state index in [0.29, 0.717) is 11.4 Å². The zero-order valence-electron chi connectivity index (χ0n) is 11.1. The van der Waals surface area contributed by atoms with Gasteiger partial charge in [0.05, 0.1) is 16.9 Å². The van der Waals surface area contributed by atoms with Gasteiger partial charge in [-0.3, -0.25) is 0 Å². The molecule has 1 aromatic carbocycles. The zero-order valence-corrected chi connectivity index (χ0v) is 14.3. The van der Waals surface area contributed by atoms with Crippen LogP contribution in [0.3, 0.4) is 0 Å². The molecule has 0 saturated heterocycles. The van der Waals surface area contributed by atoms with Crippen molar-refractivity contribution in [1.29, 1.82) is 0 Å². The number of hydrogen-bond acceptors (Lipinski definition) is 3. The van der Waals surface area contributed by atoms with E-state index in [9.17, 15) is 13.2 Å². The topological polar surface area (TPSA) is 18.5 Å². The van der Waals surface area contributed by atoms with Crippen LogP contribution in [0.4, 0.5) is 13.2 Å². The summed E-state index contributed by atoms with van der Waals surface area (Å²) in [6.07, 6.45) is -3.00. The monoisotopic (exact) mass is 380 g/mol. The summed E-state index contributed by atoms with van der Waals surface area (Å²) < 4.78 is 47.5. The lowest BCUT2D eigenvalue weighted by Crippen LogP contribution is -2.20. The fourth-order valence-corrected chi connectivity index (χ4v) is 4.74. The Kier molecular flexibility index (Phi) is 7.44. The Morgan fingerprint density at radius 3 is 2.43 bits per heavy atom. The molecule has 0 fully saturated rings. The van der Waals surface area contributed by atoms with E-state index >= 15 is 0 Å². The second kappa shape index (κ2) is 8.14. The summed E-state index contributed by atoms with van der Waals surface area (Å²) in [6, 6.07) is 4.34. The van der Waals surface area contributed by atoms with Gasteiger partial charge in [0.2, 0.25) is 6.49 Å². The minimum Gasteiger partial charge on any atom is -0.326 e. The number of hydrogen-bond donors (Lipinski definition) is 0. The van der Waals surface area contributed by atoms with Crippen molar-refractivity contribution < 1.29 is 22.2 Å². The molecule has 0 aliphatic rings. The number of rotatable bonds is 7. The van der Waals surface area contributed by atoms with Crippen molar-refractivity contribution in [3.8, 4) is 0 Å². The van der Waals surface area contributed by atoms with Crippen molar-refractivity contribution in [2.75, 3.05) is 13.2 Å². The molecule has 120 valence electrons. The molecule has 0 aromatic heterocycles. The van der Waals surface area contributed by atoms with Crippen LogP contribution in [0.25, 0.3) is 0 Å². The fraction of sp³-hybridized carbons (Fsp3) is 0.500. The molecule has 0 amide bonds. The zero-order chi connectivity index (χ0) is 16.1. The summed E-state index contributed by atoms with van der Waals surface area (Å²) in [4.78, 5) is 0. The van der Waals surface area contributed by atoms with Crippen molar-refractivity contribution in [3.05, 3.63) is 28.2 Å². The van der Waals surface area contributed by atoms with Crippen molar-refractivity contribution in [1.82, 2.24) is 0 Å². The normalized spacial score (nSPS) is 15.0. The smallest absolute Gasteiger partial charge is 0.326 e. The van der Waals surface area contributed by atoms with Crippen LogP contribution in [-0.2, 0) is 20.9 Å². The molecule has 0 spiro atoms. The van der Waals surface area contributed by atoms with Crippen LogP contribution in [0.2, 0.25) is 10.0 Å². The molecule has 0 bridgehead atoms. The quantitative estimate of drug-likeness (QED) is 0.470. The maximum Gasteiger partial charge on any atom is 0.412 e. The van der Waals surface area contributed by atoms with Crippen LogP contribution in [0, 0.1) is 0 Å². The third-order valence-electron chi connectivity index (χ3n) is 2.36. The van der Waals surface area contributed by atoms with Gasteiger partial charge in [-0.25, -0.2) is 0 Å². The highest BCUT2D eigenvalue weighted by molar-refractivity contribution is 8.13. The van der Waals surface area contributed by atoms with Gasteiger partial charge in [0, 0.05) is 5.02 Å². The molecule has 1 rings (SSSR count). The van der Waals surface area contributed by atoms with E-state index in [1.54, 1.807) is 0 Å². The minimum atomic E-state index is -4.49. The van der Waals surface area contributed by atoms with Crippen LogP contribution in [0.5, 0.6) is 0 Å². The molecule has 0 saturated carbocycles. The highest BCUT2D eigenvalue weighted by atomic mass is 35.5. The average Bonchev–Trinajstić information content (AvgIpc) is 2.36. The molecule has 0 N–H and O–H groups in total. The van der Waals surface area contributed by atoms with Gasteiger partial charge in [0.1, 0.15) is 0 Å². The third kappa shape index (κ3) is 6.43. The standard InChI is InChI=1S/C12H14Cl2F3O2PS/c1-2-3-6-18-20(21,19-8-12(15,16)17)11-5-4-9(13)7-10(11)14/h4-5,7H,2-3,6,8H2,1H3. The minimum absolute atomic E-state index is 0.143. The molecular formula is C12H14Cl2F3O2PS. The second-order valence-electron chi connectivity index (χ2n) is 4.17. The Hall–Kier alpha value is 0.160. The molecule has 21 heavy (non-hydrogen) atoms. The molecule has 1 atom stereocenters. The van der Waals surface area contributed by atoms with Crippen molar-refractivity contribution in [3.63, 3.8) is 0 Å². The first-order valence-electron chi connectivity index (χ1n) is 6.09. The van der Waals surface area contributed by atoms with E-state index in [4.69, 9.17) is 44.1 Å². The van der Waals surface area contributed by atoms with E-state index in [0.717, 1.165) is 6.42 Å². The van der Waals surface area contributed by atoms with Gasteiger partial charge in [-0.15, -0.1) is 0 Å². The first kappa shape index (κ1) is 19.2. The summed E-state index contributed by atoms with van der Waals surface area (Å²) in [5, 5.41) is 0.739. The lowest BCUT2D eigenvalue weighted by Gasteiger charge is -2.24. The van der Waals surface area contributed by atoms with Gasteiger partial charge in [-0.2, -0.15) is 13.2 Å². The first-order chi connectivity index (χ1) is 9.68. The molecular weight excluding hydrogens is 367 g/mol. The molecule has 2 nitrogen and oxygen atoms in total. The maximum absolute atomic E-state index is 12.4. The summed E-state index contributed by atoms with van der Waals surface area (Å²) >= 11 is 17.0. The molecule has 1 unspecified atom stereocenters. The molecule has 0 heterocycles. The van der Waals surface area contributed by atoms with E-state index in [1.807, 2.05) is 6.92 Å². The van der Waals surface area contributed by atoms with Crippen LogP contribution in [0.15, 0.2) is 18.2 Å². The van der Waals surface area contributed by atoms with Gasteiger partial charge in [-0.1, -0.05) is 36.5 Å². The van der Waals surface area contributed by atoms with E-state index in [1.165, 1.54) is 18.2 Å². The van der Waals surface area contributed by atoms with Gasteiger partial charge in [0.25, 0.3) is 0 Å². The Labute approximate surface area is 136 Å². The number of halogens is 5. The Balaban J connectivity index is 3.02. The summed E-state index contributed by atoms with van der Waals surface area (Å²) in [6.45, 7) is -2.67. The van der Waals surface area contributed by atoms with Gasteiger partial charge < -0.3 is 9.05 Å². The molecule has 0 aliphatic carbocycles. The van der Waals surface area contributed by atoms with Gasteiger partial charge in [0.15, 0.2) is 6.61 Å². The van der Waals surface area contributed by atoms with Crippen LogP contribution < -0.4 is 5.30 Å². The second-order valence-corrected chi connectivity index (χ2v) is 8.45. The Morgan fingerprint density at radius 1 is 1.24 bits per heavy atom. The lowest BCUT2D eigenvalue weighted by molar-refractivity contribution is -0.153. The SMILES string of the molecule is CCCCOP(=S)(OCC(F)(F)F)c1ccc(Cl)cc1Cl. The van der Waals surface area contributed by atoms with E-state index < -0.39 is 19.3 Å². The summed E-state index contributed by atoms with van der Waals surface area (Å²) in [5.41, 5.74) is 0. The largest absolute Gasteiger partial charge is 0.412 e. The highest BCUT2D eigenvalue weighted by Gasteiger charge is 2.34. The molecule has 0 aliphatic heterocycles. The van der Waals surface area contributed by atoms with Gasteiger partial charge >= 0.3 is 6.18 Å². The van der Waals surface area contributed by atoms with E-state index in [-0.39, 0.29) is 16.9 Å². The van der Waals surface area contributed by atoms with Crippen molar-refractivity contribution >= 4 is 46.8 Å². The Bertz CT molecular complexity index is 526. The van der Waals surface area contributed by atoms with Crippen LogP contribution in [-0.4, -0.2) is 19.4 Å². The lowest BCUT2D eigenvalue weighted by atomic mass is 10.4. The molecule has 0 radical (unpaired) electrons. The molecule has 1 aromatic rings. The van der Waals surface area contributed by atoms with Crippen molar-refractivity contribution in [2.45, 2.75) is 25.9 Å². The highest BCUT2D eigenvalue weighted by Crippen LogP contribution is 2.50. The van der Waals surface area contributed by atoms with E-state index in [2.05, 4.69) is 0 Å². The number of unbranched alkanes of at least 4 members (excludes halogenated alkanes) is 1. The van der Waals surface area contributed by atoms with Crippen LogP contribution >= 0.6 is 29.7 Å². The van der Waals surface area contributed by atoms with Crippen LogP contribution in [0.1, 0.15) is 19.8 Å². The van der Waals surface area contributed by atoms with Gasteiger partial charge in [-0.05, 0) is 36.4 Å². The molecule has 9 heteroatoms.